The highest BCUT2D eigenvalue weighted by Gasteiger charge is 2.19. The summed E-state index contributed by atoms with van der Waals surface area (Å²) >= 11 is 0. The quantitative estimate of drug-likeness (QED) is 0.817. The van der Waals surface area contributed by atoms with E-state index in [9.17, 15) is 0 Å². The molecule has 3 rings (SSSR count). The standard InChI is InChI=1S/C14H23N5/c1-2-17-9-11-19(12-10-17)14-15-6-5-13(16-14)18-7-3-4-8-18/h5-6H,2-4,7-12H2,1H3. The topological polar surface area (TPSA) is 35.5 Å². The van der Waals surface area contributed by atoms with Gasteiger partial charge in [0.1, 0.15) is 5.82 Å². The smallest absolute Gasteiger partial charge is 0.227 e. The van der Waals surface area contributed by atoms with Crippen molar-refractivity contribution in [2.24, 2.45) is 0 Å². The Labute approximate surface area is 115 Å². The highest BCUT2D eigenvalue weighted by atomic mass is 15.3. The monoisotopic (exact) mass is 261 g/mol. The summed E-state index contributed by atoms with van der Waals surface area (Å²) in [4.78, 5) is 16.4. The van der Waals surface area contributed by atoms with Crippen molar-refractivity contribution in [3.8, 4) is 0 Å². The van der Waals surface area contributed by atoms with Crippen molar-refractivity contribution in [3.05, 3.63) is 12.3 Å². The Balaban J connectivity index is 1.69. The SMILES string of the molecule is CCN1CCN(c2nccc(N3CCCC3)n2)CC1. The van der Waals surface area contributed by atoms with Crippen molar-refractivity contribution in [2.45, 2.75) is 19.8 Å². The maximum absolute atomic E-state index is 4.75. The van der Waals surface area contributed by atoms with Crippen molar-refractivity contribution in [1.82, 2.24) is 14.9 Å². The number of hydrogen-bond acceptors (Lipinski definition) is 5. The van der Waals surface area contributed by atoms with Crippen LogP contribution in [0.15, 0.2) is 12.3 Å². The van der Waals surface area contributed by atoms with Gasteiger partial charge < -0.3 is 14.7 Å². The molecule has 2 aliphatic rings. The van der Waals surface area contributed by atoms with Crippen LogP contribution in [0.3, 0.4) is 0 Å². The minimum atomic E-state index is 0.903. The van der Waals surface area contributed by atoms with Gasteiger partial charge in [0.15, 0.2) is 0 Å². The maximum Gasteiger partial charge on any atom is 0.227 e. The Morgan fingerprint density at radius 3 is 2.42 bits per heavy atom. The Hall–Kier alpha value is -1.36. The molecule has 1 aromatic heterocycles. The van der Waals surface area contributed by atoms with Gasteiger partial charge in [0, 0.05) is 45.5 Å². The Morgan fingerprint density at radius 2 is 1.74 bits per heavy atom. The summed E-state index contributed by atoms with van der Waals surface area (Å²) in [6.45, 7) is 9.96. The van der Waals surface area contributed by atoms with E-state index in [1.165, 1.54) is 12.8 Å². The Morgan fingerprint density at radius 1 is 1.00 bits per heavy atom. The first kappa shape index (κ1) is 12.7. The molecule has 5 heteroatoms. The third-order valence-electron chi connectivity index (χ3n) is 4.16. The number of anilines is 2. The van der Waals surface area contributed by atoms with Crippen LogP contribution in [-0.4, -0.2) is 60.7 Å². The number of aromatic nitrogens is 2. The number of likely N-dealkylation sites (N-methyl/N-ethyl adjacent to an activating group) is 1. The lowest BCUT2D eigenvalue weighted by Gasteiger charge is -2.34. The molecule has 0 amide bonds. The molecule has 2 fully saturated rings. The van der Waals surface area contributed by atoms with Crippen molar-refractivity contribution < 1.29 is 0 Å². The number of piperazine rings is 1. The lowest BCUT2D eigenvalue weighted by atomic mass is 10.3. The van der Waals surface area contributed by atoms with Crippen LogP contribution in [0, 0.1) is 0 Å². The summed E-state index contributed by atoms with van der Waals surface area (Å²) in [6.07, 6.45) is 4.48. The van der Waals surface area contributed by atoms with Gasteiger partial charge in [-0.15, -0.1) is 0 Å². The summed E-state index contributed by atoms with van der Waals surface area (Å²) in [5.74, 6) is 2.00. The summed E-state index contributed by atoms with van der Waals surface area (Å²) in [7, 11) is 0. The molecule has 0 aliphatic carbocycles. The number of hydrogen-bond donors (Lipinski definition) is 0. The molecule has 5 nitrogen and oxygen atoms in total. The number of rotatable bonds is 3. The molecule has 104 valence electrons. The van der Waals surface area contributed by atoms with Gasteiger partial charge in [-0.3, -0.25) is 0 Å². The molecule has 2 saturated heterocycles. The van der Waals surface area contributed by atoms with Crippen LogP contribution in [-0.2, 0) is 0 Å². The zero-order valence-electron chi connectivity index (χ0n) is 11.8. The molecule has 0 unspecified atom stereocenters. The fraction of sp³-hybridized carbons (Fsp3) is 0.714. The van der Waals surface area contributed by atoms with Gasteiger partial charge in [-0.25, -0.2) is 4.98 Å². The largest absolute Gasteiger partial charge is 0.356 e. The fourth-order valence-electron chi connectivity index (χ4n) is 2.88. The second-order valence-electron chi connectivity index (χ2n) is 5.33. The normalized spacial score (nSPS) is 21.1. The van der Waals surface area contributed by atoms with Crippen LogP contribution in [0.5, 0.6) is 0 Å². The van der Waals surface area contributed by atoms with Crippen LogP contribution in [0.4, 0.5) is 11.8 Å². The minimum absolute atomic E-state index is 0.903. The summed E-state index contributed by atoms with van der Waals surface area (Å²) in [5.41, 5.74) is 0. The van der Waals surface area contributed by atoms with Gasteiger partial charge in [0.05, 0.1) is 0 Å². The van der Waals surface area contributed by atoms with Crippen LogP contribution in [0.25, 0.3) is 0 Å². The van der Waals surface area contributed by atoms with Gasteiger partial charge >= 0.3 is 0 Å². The van der Waals surface area contributed by atoms with Gasteiger partial charge in [-0.2, -0.15) is 4.98 Å². The van der Waals surface area contributed by atoms with E-state index in [0.29, 0.717) is 0 Å². The van der Waals surface area contributed by atoms with Crippen molar-refractivity contribution in [3.63, 3.8) is 0 Å². The molecule has 0 saturated carbocycles. The van der Waals surface area contributed by atoms with E-state index in [2.05, 4.69) is 26.6 Å². The van der Waals surface area contributed by atoms with Gasteiger partial charge in [-0.1, -0.05) is 6.92 Å². The van der Waals surface area contributed by atoms with E-state index in [1.54, 1.807) is 0 Å². The van der Waals surface area contributed by atoms with Crippen LogP contribution in [0.1, 0.15) is 19.8 Å². The van der Waals surface area contributed by atoms with Gasteiger partial charge in [0.2, 0.25) is 5.95 Å². The van der Waals surface area contributed by atoms with E-state index in [0.717, 1.165) is 57.6 Å². The third-order valence-corrected chi connectivity index (χ3v) is 4.16. The molecule has 3 heterocycles. The van der Waals surface area contributed by atoms with E-state index >= 15 is 0 Å². The zero-order valence-corrected chi connectivity index (χ0v) is 11.8. The molecule has 0 radical (unpaired) electrons. The Kier molecular flexibility index (Phi) is 3.82. The summed E-state index contributed by atoms with van der Waals surface area (Å²) < 4.78 is 0. The lowest BCUT2D eigenvalue weighted by molar-refractivity contribution is 0.270. The van der Waals surface area contributed by atoms with Crippen molar-refractivity contribution in [1.29, 1.82) is 0 Å². The van der Waals surface area contributed by atoms with Crippen molar-refractivity contribution in [2.75, 3.05) is 55.6 Å². The molecule has 0 N–H and O–H groups in total. The second kappa shape index (κ2) is 5.74. The van der Waals surface area contributed by atoms with Gasteiger partial charge in [0.25, 0.3) is 0 Å². The third kappa shape index (κ3) is 2.81. The average molecular weight is 261 g/mol. The molecule has 2 aliphatic heterocycles. The van der Waals surface area contributed by atoms with Crippen LogP contribution >= 0.6 is 0 Å². The van der Waals surface area contributed by atoms with E-state index in [-0.39, 0.29) is 0 Å². The van der Waals surface area contributed by atoms with E-state index < -0.39 is 0 Å². The first-order valence-corrected chi connectivity index (χ1v) is 7.42. The average Bonchev–Trinajstić information content (AvgIpc) is 3.02. The molecular weight excluding hydrogens is 238 g/mol. The Bertz CT molecular complexity index is 408. The minimum Gasteiger partial charge on any atom is -0.356 e. The first-order valence-electron chi connectivity index (χ1n) is 7.42. The molecule has 0 atom stereocenters. The molecule has 0 bridgehead atoms. The van der Waals surface area contributed by atoms with Crippen LogP contribution < -0.4 is 9.80 Å². The fourth-order valence-corrected chi connectivity index (χ4v) is 2.88. The lowest BCUT2D eigenvalue weighted by Crippen LogP contribution is -2.46. The van der Waals surface area contributed by atoms with E-state index in [4.69, 9.17) is 4.98 Å². The first-order chi connectivity index (χ1) is 9.36. The highest BCUT2D eigenvalue weighted by molar-refractivity contribution is 5.44. The predicted octanol–water partition coefficient (Wildman–Crippen LogP) is 1.22. The zero-order chi connectivity index (χ0) is 13.1. The van der Waals surface area contributed by atoms with Crippen LogP contribution in [0.2, 0.25) is 0 Å². The summed E-state index contributed by atoms with van der Waals surface area (Å²) in [6, 6.07) is 2.04. The molecule has 0 spiro atoms. The van der Waals surface area contributed by atoms with Crippen molar-refractivity contribution >= 4 is 11.8 Å². The molecular formula is C14H23N5. The molecule has 1 aromatic rings. The highest BCUT2D eigenvalue weighted by Crippen LogP contribution is 2.20. The molecule has 19 heavy (non-hydrogen) atoms. The van der Waals surface area contributed by atoms with Gasteiger partial charge in [-0.05, 0) is 25.5 Å². The predicted molar refractivity (Wildman–Crippen MR) is 77.8 cm³/mol. The number of nitrogens with zero attached hydrogens (tertiary/aromatic N) is 5. The molecule has 0 aromatic carbocycles. The summed E-state index contributed by atoms with van der Waals surface area (Å²) in [5, 5.41) is 0. The van der Waals surface area contributed by atoms with E-state index in [1.807, 2.05) is 12.3 Å². The second-order valence-corrected chi connectivity index (χ2v) is 5.33. The maximum atomic E-state index is 4.75.